The summed E-state index contributed by atoms with van der Waals surface area (Å²) in [6.45, 7) is 1.45. The Balaban J connectivity index is 1.62. The maximum atomic E-state index is 12.0. The maximum Gasteiger partial charge on any atom is 0.322 e. The molecule has 3 N–H and O–H groups in total. The summed E-state index contributed by atoms with van der Waals surface area (Å²) < 4.78 is 1.02. The molecule has 0 unspecified atom stereocenters. The molecule has 7 heteroatoms. The van der Waals surface area contributed by atoms with E-state index in [9.17, 15) is 9.59 Å². The van der Waals surface area contributed by atoms with Gasteiger partial charge in [-0.05, 0) is 31.0 Å². The van der Waals surface area contributed by atoms with E-state index in [-0.39, 0.29) is 11.9 Å². The molecule has 3 amide bonds. The number of hydrogen-bond acceptors (Lipinski definition) is 3. The molecule has 6 nitrogen and oxygen atoms in total. The van der Waals surface area contributed by atoms with E-state index < -0.39 is 5.54 Å². The monoisotopic (exact) mass is 362 g/mol. The van der Waals surface area contributed by atoms with Gasteiger partial charge in [-0.3, -0.25) is 10.1 Å². The molecule has 1 aromatic carbocycles. The average Bonchev–Trinajstić information content (AvgIpc) is 3.04. The van der Waals surface area contributed by atoms with Crippen molar-refractivity contribution >= 4 is 44.5 Å². The number of imide groups is 1. The third kappa shape index (κ3) is 1.99. The van der Waals surface area contributed by atoms with Crippen molar-refractivity contribution in [1.29, 1.82) is 0 Å². The van der Waals surface area contributed by atoms with Gasteiger partial charge in [0.2, 0.25) is 0 Å². The van der Waals surface area contributed by atoms with Gasteiger partial charge in [-0.1, -0.05) is 15.9 Å². The van der Waals surface area contributed by atoms with Crippen LogP contribution in [0.2, 0.25) is 0 Å². The number of carbonyl (C=O) groups excluding carboxylic acids is 2. The van der Waals surface area contributed by atoms with Crippen molar-refractivity contribution < 1.29 is 9.59 Å². The van der Waals surface area contributed by atoms with E-state index >= 15 is 0 Å². The van der Waals surface area contributed by atoms with Crippen LogP contribution in [0.25, 0.3) is 10.9 Å². The number of benzene rings is 1. The second kappa shape index (κ2) is 4.74. The lowest BCUT2D eigenvalue weighted by atomic mass is 9.87. The number of fused-ring (bicyclic) bond motifs is 1. The summed E-state index contributed by atoms with van der Waals surface area (Å²) in [5.74, 6) is -0.196. The van der Waals surface area contributed by atoms with Crippen LogP contribution in [-0.2, 0) is 4.79 Å². The largest absolute Gasteiger partial charge is 0.371 e. The average molecular weight is 363 g/mol. The quantitative estimate of drug-likeness (QED) is 0.680. The highest BCUT2D eigenvalue weighted by Crippen LogP contribution is 2.34. The molecule has 4 rings (SSSR count). The molecule has 2 aliphatic heterocycles. The molecule has 22 heavy (non-hydrogen) atoms. The zero-order valence-corrected chi connectivity index (χ0v) is 13.4. The molecule has 0 atom stereocenters. The van der Waals surface area contributed by atoms with Crippen LogP contribution < -0.4 is 15.5 Å². The molecule has 1 spiro atoms. The molecule has 2 saturated heterocycles. The fourth-order valence-electron chi connectivity index (χ4n) is 3.38. The first kappa shape index (κ1) is 13.6. The smallest absolute Gasteiger partial charge is 0.322 e. The van der Waals surface area contributed by atoms with Gasteiger partial charge < -0.3 is 15.2 Å². The first-order valence-corrected chi connectivity index (χ1v) is 8.02. The standard InChI is InChI=1S/C15H15BrN4O2/c16-9-7-11-10(1-4-17-11)12(8-9)20-5-2-15(3-6-20)13(21)18-14(22)19-15/h1,4,7-8,17H,2-3,5-6H2,(H2,18,19,21,22). The molecule has 2 fully saturated rings. The Kier molecular flexibility index (Phi) is 2.94. The highest BCUT2D eigenvalue weighted by molar-refractivity contribution is 9.10. The highest BCUT2D eigenvalue weighted by Gasteiger charge is 2.47. The van der Waals surface area contributed by atoms with E-state index in [1.54, 1.807) is 0 Å². The fourth-order valence-corrected chi connectivity index (χ4v) is 3.83. The van der Waals surface area contributed by atoms with Crippen LogP contribution in [-0.4, -0.2) is 35.6 Å². The Morgan fingerprint density at radius 3 is 2.64 bits per heavy atom. The molecule has 2 aromatic rings. The number of carbonyl (C=O) groups is 2. The van der Waals surface area contributed by atoms with Gasteiger partial charge in [-0.15, -0.1) is 0 Å². The third-order valence-corrected chi connectivity index (χ3v) is 5.04. The number of piperidine rings is 1. The minimum Gasteiger partial charge on any atom is -0.371 e. The van der Waals surface area contributed by atoms with Crippen molar-refractivity contribution in [2.75, 3.05) is 18.0 Å². The Hall–Kier alpha value is -2.02. The molecular weight excluding hydrogens is 348 g/mol. The molecule has 1 aromatic heterocycles. The topological polar surface area (TPSA) is 77.2 Å². The van der Waals surface area contributed by atoms with Gasteiger partial charge in [-0.25, -0.2) is 4.79 Å². The minimum absolute atomic E-state index is 0.196. The van der Waals surface area contributed by atoms with Crippen LogP contribution in [0.5, 0.6) is 0 Å². The molecule has 0 bridgehead atoms. The molecule has 0 radical (unpaired) electrons. The van der Waals surface area contributed by atoms with Gasteiger partial charge in [-0.2, -0.15) is 0 Å². The van der Waals surface area contributed by atoms with Gasteiger partial charge in [0.1, 0.15) is 5.54 Å². The van der Waals surface area contributed by atoms with Crippen molar-refractivity contribution in [3.05, 3.63) is 28.9 Å². The summed E-state index contributed by atoms with van der Waals surface area (Å²) >= 11 is 3.54. The highest BCUT2D eigenvalue weighted by atomic mass is 79.9. The summed E-state index contributed by atoms with van der Waals surface area (Å²) in [6, 6.07) is 5.83. The van der Waals surface area contributed by atoms with Crippen molar-refractivity contribution in [2.24, 2.45) is 0 Å². The number of rotatable bonds is 1. The number of H-pyrrole nitrogens is 1. The number of halogens is 1. The molecule has 114 valence electrons. The number of amides is 3. The number of aromatic amines is 1. The number of anilines is 1. The number of hydrogen-bond donors (Lipinski definition) is 3. The Bertz CT molecular complexity index is 777. The predicted molar refractivity (Wildman–Crippen MR) is 86.9 cm³/mol. The van der Waals surface area contributed by atoms with E-state index in [1.807, 2.05) is 6.20 Å². The van der Waals surface area contributed by atoms with Crippen LogP contribution in [0.4, 0.5) is 10.5 Å². The van der Waals surface area contributed by atoms with Crippen LogP contribution in [0.3, 0.4) is 0 Å². The fraction of sp³-hybridized carbons (Fsp3) is 0.333. The first-order valence-electron chi connectivity index (χ1n) is 7.23. The molecule has 3 heterocycles. The zero-order valence-electron chi connectivity index (χ0n) is 11.8. The van der Waals surface area contributed by atoms with Gasteiger partial charge >= 0.3 is 6.03 Å². The number of nitrogens with zero attached hydrogens (tertiary/aromatic N) is 1. The molecular formula is C15H15BrN4O2. The number of urea groups is 1. The number of nitrogens with one attached hydrogen (secondary N) is 3. The molecule has 2 aliphatic rings. The van der Waals surface area contributed by atoms with E-state index in [0.29, 0.717) is 12.8 Å². The van der Waals surface area contributed by atoms with E-state index in [1.165, 1.54) is 5.39 Å². The second-order valence-electron chi connectivity index (χ2n) is 5.84. The lowest BCUT2D eigenvalue weighted by Crippen LogP contribution is -2.54. The predicted octanol–water partition coefficient (Wildman–Crippen LogP) is 2.11. The normalized spacial score (nSPS) is 20.5. The summed E-state index contributed by atoms with van der Waals surface area (Å²) in [5, 5.41) is 6.31. The molecule has 0 aliphatic carbocycles. The van der Waals surface area contributed by atoms with Crippen molar-refractivity contribution in [3.8, 4) is 0 Å². The lowest BCUT2D eigenvalue weighted by Gasteiger charge is -2.38. The van der Waals surface area contributed by atoms with Crippen molar-refractivity contribution in [3.63, 3.8) is 0 Å². The van der Waals surface area contributed by atoms with E-state index in [0.717, 1.165) is 28.8 Å². The van der Waals surface area contributed by atoms with Crippen LogP contribution in [0.15, 0.2) is 28.9 Å². The molecule has 0 saturated carbocycles. The zero-order chi connectivity index (χ0) is 15.3. The number of aromatic nitrogens is 1. The minimum atomic E-state index is -0.725. The Morgan fingerprint density at radius 1 is 1.18 bits per heavy atom. The van der Waals surface area contributed by atoms with E-state index in [4.69, 9.17) is 0 Å². The van der Waals surface area contributed by atoms with E-state index in [2.05, 4.69) is 54.6 Å². The third-order valence-electron chi connectivity index (χ3n) is 4.58. The van der Waals surface area contributed by atoms with Crippen LogP contribution in [0, 0.1) is 0 Å². The van der Waals surface area contributed by atoms with Gasteiger partial charge in [0, 0.05) is 40.3 Å². The maximum absolute atomic E-state index is 12.0. The summed E-state index contributed by atoms with van der Waals surface area (Å²) in [6.07, 6.45) is 3.16. The van der Waals surface area contributed by atoms with Gasteiger partial charge in [0.25, 0.3) is 5.91 Å². The first-order chi connectivity index (χ1) is 10.6. The SMILES string of the molecule is O=C1NC(=O)C2(CCN(c3cc(Br)cc4[nH]ccc34)CC2)N1. The van der Waals surface area contributed by atoms with Crippen molar-refractivity contribution in [1.82, 2.24) is 15.6 Å². The summed E-state index contributed by atoms with van der Waals surface area (Å²) in [7, 11) is 0. The van der Waals surface area contributed by atoms with Gasteiger partial charge in [0.15, 0.2) is 0 Å². The van der Waals surface area contributed by atoms with Crippen LogP contribution >= 0.6 is 15.9 Å². The summed E-state index contributed by atoms with van der Waals surface area (Å²) in [4.78, 5) is 28.9. The summed E-state index contributed by atoms with van der Waals surface area (Å²) in [5.41, 5.74) is 1.50. The van der Waals surface area contributed by atoms with Crippen LogP contribution in [0.1, 0.15) is 12.8 Å². The Labute approximate surface area is 135 Å². The lowest BCUT2D eigenvalue weighted by molar-refractivity contribution is -0.124. The van der Waals surface area contributed by atoms with Crippen molar-refractivity contribution in [2.45, 2.75) is 18.4 Å². The van der Waals surface area contributed by atoms with Gasteiger partial charge in [0.05, 0.1) is 0 Å². The second-order valence-corrected chi connectivity index (χ2v) is 6.76. The Morgan fingerprint density at radius 2 is 1.95 bits per heavy atom.